The first kappa shape index (κ1) is 14.5. The number of rotatable bonds is 3. The molecule has 0 saturated carbocycles. The van der Waals surface area contributed by atoms with E-state index >= 15 is 0 Å². The van der Waals surface area contributed by atoms with Crippen LogP contribution >= 0.6 is 0 Å². The molecule has 0 aromatic carbocycles. The van der Waals surface area contributed by atoms with Crippen LogP contribution in [0.2, 0.25) is 0 Å². The third kappa shape index (κ3) is 2.82. The zero-order valence-electron chi connectivity index (χ0n) is 10.3. The van der Waals surface area contributed by atoms with E-state index in [4.69, 9.17) is 0 Å². The number of alkyl halides is 3. The minimum Gasteiger partial charge on any atom is -0.358 e. The molecule has 0 spiro atoms. The van der Waals surface area contributed by atoms with Crippen LogP contribution in [0.4, 0.5) is 24.7 Å². The van der Waals surface area contributed by atoms with Crippen LogP contribution in [0.25, 0.3) is 0 Å². The molecule has 0 unspecified atom stereocenters. The maximum Gasteiger partial charge on any atom is 0.437 e. The van der Waals surface area contributed by atoms with Gasteiger partial charge in [-0.1, -0.05) is 5.10 Å². The Morgan fingerprint density at radius 3 is 2.57 bits per heavy atom. The normalized spacial score (nSPS) is 11.4. The maximum atomic E-state index is 12.7. The molecule has 9 nitrogen and oxygen atoms in total. The molecule has 0 radical (unpaired) electrons. The third-order valence-electron chi connectivity index (χ3n) is 2.45. The molecule has 0 bridgehead atoms. The molecule has 0 aliphatic carbocycles. The number of nitrogens with zero attached hydrogens (tertiary/aromatic N) is 3. The minimum atomic E-state index is -4.76. The topological polar surface area (TPSA) is 130 Å². The fourth-order valence-electron chi connectivity index (χ4n) is 1.49. The van der Waals surface area contributed by atoms with Crippen molar-refractivity contribution in [2.45, 2.75) is 13.1 Å². The Morgan fingerprint density at radius 2 is 2.05 bits per heavy atom. The van der Waals surface area contributed by atoms with E-state index in [1.807, 2.05) is 10.4 Å². The highest BCUT2D eigenvalue weighted by atomic mass is 19.4. The Hall–Kier alpha value is -2.92. The zero-order valence-corrected chi connectivity index (χ0v) is 10.3. The van der Waals surface area contributed by atoms with Gasteiger partial charge >= 0.3 is 12.0 Å². The first-order chi connectivity index (χ1) is 9.70. The summed E-state index contributed by atoms with van der Waals surface area (Å²) in [5.41, 5.74) is -2.28. The highest BCUT2D eigenvalue weighted by Gasteiger charge is 2.38. The number of nitro groups is 1. The molecule has 3 N–H and O–H groups in total. The number of carbonyl (C=O) groups excluding carboxylic acids is 1. The number of aromatic nitrogens is 4. The predicted octanol–water partition coefficient (Wildman–Crippen LogP) is 1.62. The van der Waals surface area contributed by atoms with Crippen molar-refractivity contribution in [3.8, 4) is 0 Å². The molecule has 0 aliphatic heterocycles. The second-order valence-corrected chi connectivity index (χ2v) is 3.92. The molecule has 2 rings (SSSR count). The van der Waals surface area contributed by atoms with Gasteiger partial charge in [-0.05, 0) is 11.8 Å². The Bertz CT molecular complexity index is 704. The zero-order chi connectivity index (χ0) is 15.8. The largest absolute Gasteiger partial charge is 0.437 e. The van der Waals surface area contributed by atoms with Gasteiger partial charge in [0.15, 0.2) is 11.4 Å². The van der Waals surface area contributed by atoms with Crippen molar-refractivity contribution in [2.24, 2.45) is 0 Å². The lowest BCUT2D eigenvalue weighted by Crippen LogP contribution is -2.17. The molecule has 2 heterocycles. The average Bonchev–Trinajstić information content (AvgIpc) is 2.96. The van der Waals surface area contributed by atoms with E-state index in [2.05, 4.69) is 15.3 Å². The number of hydrogen-bond acceptors (Lipinski definition) is 5. The third-order valence-corrected chi connectivity index (χ3v) is 2.45. The van der Waals surface area contributed by atoms with Gasteiger partial charge < -0.3 is 15.4 Å². The van der Waals surface area contributed by atoms with Crippen LogP contribution in [0.5, 0.6) is 0 Å². The molecule has 2 aromatic rings. The summed E-state index contributed by atoms with van der Waals surface area (Å²) in [6.45, 7) is 1.28. The molecule has 0 aliphatic rings. The molecule has 0 fully saturated rings. The van der Waals surface area contributed by atoms with Gasteiger partial charge in [-0.2, -0.15) is 18.3 Å². The van der Waals surface area contributed by atoms with E-state index in [1.165, 1.54) is 6.92 Å². The van der Waals surface area contributed by atoms with E-state index < -0.39 is 39.9 Å². The highest BCUT2D eigenvalue weighted by molar-refractivity contribution is 6.03. The summed E-state index contributed by atoms with van der Waals surface area (Å²) in [7, 11) is 0. The van der Waals surface area contributed by atoms with Gasteiger partial charge in [0.1, 0.15) is 0 Å². The predicted molar refractivity (Wildman–Crippen MR) is 61.5 cm³/mol. The summed E-state index contributed by atoms with van der Waals surface area (Å²) in [5.74, 6) is -1.59. The number of H-pyrrole nitrogens is 2. The second-order valence-electron chi connectivity index (χ2n) is 3.92. The Balaban J connectivity index is 2.27. The van der Waals surface area contributed by atoms with Crippen molar-refractivity contribution in [3.63, 3.8) is 0 Å². The van der Waals surface area contributed by atoms with Gasteiger partial charge in [-0.3, -0.25) is 9.89 Å². The smallest absolute Gasteiger partial charge is 0.358 e. The van der Waals surface area contributed by atoms with E-state index in [1.54, 1.807) is 0 Å². The first-order valence-electron chi connectivity index (χ1n) is 5.33. The van der Waals surface area contributed by atoms with E-state index in [-0.39, 0.29) is 5.69 Å². The lowest BCUT2D eigenvalue weighted by molar-refractivity contribution is -0.389. The van der Waals surface area contributed by atoms with Crippen molar-refractivity contribution < 1.29 is 22.9 Å². The molecular formula is C9H7F3N6O3. The molecule has 2 aromatic heterocycles. The number of aromatic amines is 2. The number of aryl methyl sites for hydroxylation is 1. The van der Waals surface area contributed by atoms with Crippen molar-refractivity contribution in [2.75, 3.05) is 5.32 Å². The van der Waals surface area contributed by atoms with Crippen molar-refractivity contribution in [1.82, 2.24) is 20.4 Å². The Labute approximate surface area is 113 Å². The van der Waals surface area contributed by atoms with E-state index in [0.717, 1.165) is 6.07 Å². The van der Waals surface area contributed by atoms with E-state index in [9.17, 15) is 28.1 Å². The van der Waals surface area contributed by atoms with Crippen LogP contribution in [0.1, 0.15) is 21.9 Å². The maximum absolute atomic E-state index is 12.7. The van der Waals surface area contributed by atoms with Crippen LogP contribution in [-0.2, 0) is 6.18 Å². The molecule has 12 heteroatoms. The van der Waals surface area contributed by atoms with Crippen molar-refractivity contribution in [1.29, 1.82) is 0 Å². The molecule has 1 amide bonds. The van der Waals surface area contributed by atoms with Gasteiger partial charge in [0, 0.05) is 0 Å². The molecule has 0 atom stereocenters. The molecule has 21 heavy (non-hydrogen) atoms. The SMILES string of the molecule is Cc1[nH]nc(C(F)(F)F)c1NC(=O)c1cc([N+](=O)[O-])[nH]n1. The second kappa shape index (κ2) is 4.88. The van der Waals surface area contributed by atoms with Gasteiger partial charge in [0.05, 0.1) is 17.4 Å². The summed E-state index contributed by atoms with van der Waals surface area (Å²) in [5, 5.41) is 22.9. The van der Waals surface area contributed by atoms with Crippen LogP contribution in [0.3, 0.4) is 0 Å². The van der Waals surface area contributed by atoms with E-state index in [0.29, 0.717) is 0 Å². The first-order valence-corrected chi connectivity index (χ1v) is 5.33. The summed E-state index contributed by atoms with van der Waals surface area (Å²) < 4.78 is 38.0. The van der Waals surface area contributed by atoms with Crippen molar-refractivity contribution in [3.05, 3.63) is 33.3 Å². The quantitative estimate of drug-likeness (QED) is 0.586. The Morgan fingerprint density at radius 1 is 1.38 bits per heavy atom. The minimum absolute atomic E-state index is 0.0132. The summed E-state index contributed by atoms with van der Waals surface area (Å²) in [4.78, 5) is 21.4. The van der Waals surface area contributed by atoms with Crippen molar-refractivity contribution >= 4 is 17.4 Å². The van der Waals surface area contributed by atoms with Gasteiger partial charge in [-0.15, -0.1) is 5.10 Å². The standard InChI is InChI=1S/C9H7F3N6O3/c1-3-6(7(17-14-3)9(10,11)12)13-8(19)4-2-5(16-15-4)18(20)21/h2H,1H3,(H,13,19)(H,14,17)(H,15,16). The van der Waals surface area contributed by atoms with Crippen LogP contribution in [0, 0.1) is 17.0 Å². The lowest BCUT2D eigenvalue weighted by atomic mass is 10.2. The van der Waals surface area contributed by atoms with Gasteiger partial charge in [0.2, 0.25) is 0 Å². The molecular weight excluding hydrogens is 297 g/mol. The average molecular weight is 304 g/mol. The Kier molecular flexibility index (Phi) is 3.37. The summed E-state index contributed by atoms with van der Waals surface area (Å²) in [6, 6.07) is 0.804. The summed E-state index contributed by atoms with van der Waals surface area (Å²) >= 11 is 0. The molecule has 0 saturated heterocycles. The summed E-state index contributed by atoms with van der Waals surface area (Å²) in [6.07, 6.45) is -4.76. The number of nitrogens with one attached hydrogen (secondary N) is 3. The number of halogens is 3. The fraction of sp³-hybridized carbons (Fsp3) is 0.222. The number of amides is 1. The lowest BCUT2D eigenvalue weighted by Gasteiger charge is -2.07. The van der Waals surface area contributed by atoms with Crippen LogP contribution in [0.15, 0.2) is 6.07 Å². The highest BCUT2D eigenvalue weighted by Crippen LogP contribution is 2.34. The fourth-order valence-corrected chi connectivity index (χ4v) is 1.49. The van der Waals surface area contributed by atoms with Crippen LogP contribution in [-0.4, -0.2) is 31.2 Å². The van der Waals surface area contributed by atoms with Crippen LogP contribution < -0.4 is 5.32 Å². The van der Waals surface area contributed by atoms with Gasteiger partial charge in [-0.25, -0.2) is 0 Å². The van der Waals surface area contributed by atoms with Gasteiger partial charge in [0.25, 0.3) is 5.91 Å². The number of carbonyl (C=O) groups is 1. The number of hydrogen-bond donors (Lipinski definition) is 3. The number of anilines is 1. The molecule has 112 valence electrons. The monoisotopic (exact) mass is 304 g/mol.